The van der Waals surface area contributed by atoms with Crippen LogP contribution >= 0.6 is 11.7 Å². The maximum Gasteiger partial charge on any atom is 0.239 e. The molecule has 0 spiro atoms. The summed E-state index contributed by atoms with van der Waals surface area (Å²) < 4.78 is 8.48. The van der Waals surface area contributed by atoms with E-state index in [4.69, 9.17) is 0 Å². The number of aromatic nitrogens is 2. The first-order valence-electron chi connectivity index (χ1n) is 7.81. The second-order valence-electron chi connectivity index (χ2n) is 6.13. The normalized spacial score (nSPS) is 20.0. The Bertz CT molecular complexity index is 656. The molecule has 1 amide bonds. The van der Waals surface area contributed by atoms with E-state index in [1.165, 1.54) is 24.6 Å². The molecule has 22 heavy (non-hydrogen) atoms. The van der Waals surface area contributed by atoms with Crippen molar-refractivity contribution in [1.29, 1.82) is 0 Å². The minimum atomic E-state index is 0.0252. The number of carbonyl (C=O) groups is 1. The van der Waals surface area contributed by atoms with E-state index in [0.717, 1.165) is 36.0 Å². The number of benzene rings is 1. The van der Waals surface area contributed by atoms with E-state index in [-0.39, 0.29) is 11.9 Å². The molecule has 1 aliphatic rings. The average Bonchev–Trinajstić information content (AvgIpc) is 2.87. The summed E-state index contributed by atoms with van der Waals surface area (Å²) in [6.07, 6.45) is 4.53. The number of carbonyl (C=O) groups excluding carboxylic acids is 1. The molecule has 1 fully saturated rings. The van der Waals surface area contributed by atoms with Gasteiger partial charge in [0.15, 0.2) is 0 Å². The minimum absolute atomic E-state index is 0.0252. The van der Waals surface area contributed by atoms with Gasteiger partial charge >= 0.3 is 0 Å². The van der Waals surface area contributed by atoms with E-state index < -0.39 is 0 Å². The fraction of sp³-hybridized carbons (Fsp3) is 0.562. The maximum absolute atomic E-state index is 12.7. The first kappa shape index (κ1) is 15.4. The molecule has 0 N–H and O–H groups in total. The van der Waals surface area contributed by atoms with Crippen molar-refractivity contribution in [2.75, 3.05) is 20.6 Å². The third-order valence-electron chi connectivity index (χ3n) is 4.42. The Kier molecular flexibility index (Phi) is 4.69. The predicted molar refractivity (Wildman–Crippen MR) is 88.8 cm³/mol. The van der Waals surface area contributed by atoms with Gasteiger partial charge < -0.3 is 4.90 Å². The molecule has 1 aliphatic heterocycles. The lowest BCUT2D eigenvalue weighted by atomic mass is 10.1. The predicted octanol–water partition coefficient (Wildman–Crippen LogP) is 2.52. The minimum Gasteiger partial charge on any atom is -0.340 e. The maximum atomic E-state index is 12.7. The van der Waals surface area contributed by atoms with E-state index in [1.807, 2.05) is 30.1 Å². The Hall–Kier alpha value is -1.53. The lowest BCUT2D eigenvalue weighted by Gasteiger charge is -2.29. The van der Waals surface area contributed by atoms with Gasteiger partial charge in [0, 0.05) is 13.6 Å². The molecular formula is C16H22N4OS. The van der Waals surface area contributed by atoms with E-state index in [0.29, 0.717) is 6.54 Å². The van der Waals surface area contributed by atoms with Crippen LogP contribution in [0.5, 0.6) is 0 Å². The molecule has 5 nitrogen and oxygen atoms in total. The van der Waals surface area contributed by atoms with Crippen LogP contribution in [0.2, 0.25) is 0 Å². The van der Waals surface area contributed by atoms with E-state index in [9.17, 15) is 4.79 Å². The number of nitrogens with zero attached hydrogens (tertiary/aromatic N) is 4. The van der Waals surface area contributed by atoms with Crippen LogP contribution in [0.3, 0.4) is 0 Å². The van der Waals surface area contributed by atoms with Crippen molar-refractivity contribution in [2.45, 2.75) is 38.3 Å². The van der Waals surface area contributed by atoms with Crippen LogP contribution in [-0.4, -0.2) is 51.1 Å². The van der Waals surface area contributed by atoms with Crippen LogP contribution in [0.1, 0.15) is 31.2 Å². The van der Waals surface area contributed by atoms with Gasteiger partial charge in [-0.15, -0.1) is 0 Å². The second-order valence-corrected chi connectivity index (χ2v) is 6.66. The highest BCUT2D eigenvalue weighted by Crippen LogP contribution is 2.19. The fourth-order valence-electron chi connectivity index (χ4n) is 3.10. The van der Waals surface area contributed by atoms with Crippen molar-refractivity contribution in [1.82, 2.24) is 18.5 Å². The molecule has 1 saturated heterocycles. The van der Waals surface area contributed by atoms with Crippen LogP contribution in [-0.2, 0) is 11.3 Å². The summed E-state index contributed by atoms with van der Waals surface area (Å²) >= 11 is 1.22. The van der Waals surface area contributed by atoms with Crippen LogP contribution in [0.25, 0.3) is 11.0 Å². The molecule has 1 atom stereocenters. The number of fused-ring (bicyclic) bond motifs is 1. The van der Waals surface area contributed by atoms with Gasteiger partial charge in [-0.2, -0.15) is 8.75 Å². The molecule has 2 aromatic rings. The summed E-state index contributed by atoms with van der Waals surface area (Å²) in [5.41, 5.74) is 2.94. The van der Waals surface area contributed by atoms with Crippen LogP contribution in [0.15, 0.2) is 18.2 Å². The fourth-order valence-corrected chi connectivity index (χ4v) is 3.61. The quantitative estimate of drug-likeness (QED) is 0.872. The summed E-state index contributed by atoms with van der Waals surface area (Å²) in [4.78, 5) is 16.8. The van der Waals surface area contributed by atoms with Gasteiger partial charge in [-0.1, -0.05) is 18.9 Å². The zero-order chi connectivity index (χ0) is 15.5. The Morgan fingerprint density at radius 3 is 3.00 bits per heavy atom. The van der Waals surface area contributed by atoms with Gasteiger partial charge in [0.2, 0.25) is 5.91 Å². The first-order valence-corrected chi connectivity index (χ1v) is 8.54. The van der Waals surface area contributed by atoms with Crippen molar-refractivity contribution in [2.24, 2.45) is 0 Å². The van der Waals surface area contributed by atoms with Gasteiger partial charge in [-0.25, -0.2) is 0 Å². The smallest absolute Gasteiger partial charge is 0.239 e. The molecule has 0 unspecified atom stereocenters. The highest BCUT2D eigenvalue weighted by molar-refractivity contribution is 7.00. The van der Waals surface area contributed by atoms with Gasteiger partial charge in [0.1, 0.15) is 11.0 Å². The summed E-state index contributed by atoms with van der Waals surface area (Å²) in [5.74, 6) is 0.223. The summed E-state index contributed by atoms with van der Waals surface area (Å²) in [7, 11) is 3.96. The molecule has 0 bridgehead atoms. The number of likely N-dealkylation sites (tertiary alicyclic amines) is 1. The number of hydrogen-bond acceptors (Lipinski definition) is 5. The molecule has 3 rings (SSSR count). The molecular weight excluding hydrogens is 296 g/mol. The summed E-state index contributed by atoms with van der Waals surface area (Å²) in [5, 5.41) is 0. The Morgan fingerprint density at radius 1 is 1.32 bits per heavy atom. The van der Waals surface area contributed by atoms with Gasteiger partial charge in [-0.05, 0) is 44.1 Å². The van der Waals surface area contributed by atoms with E-state index >= 15 is 0 Å². The monoisotopic (exact) mass is 318 g/mol. The Morgan fingerprint density at radius 2 is 2.14 bits per heavy atom. The lowest BCUT2D eigenvalue weighted by molar-refractivity contribution is -0.135. The standard InChI is InChI=1S/C16H22N4OS/c1-19-9-5-3-4-6-15(19)16(21)20(2)11-12-7-8-13-14(10-12)18-22-17-13/h7-8,10,15H,3-6,9,11H2,1-2H3/t15-/m0/s1. The number of hydrogen-bond donors (Lipinski definition) is 0. The third kappa shape index (κ3) is 3.28. The third-order valence-corrected chi connectivity index (χ3v) is 4.98. The van der Waals surface area contributed by atoms with Gasteiger partial charge in [0.25, 0.3) is 0 Å². The topological polar surface area (TPSA) is 49.3 Å². The van der Waals surface area contributed by atoms with Crippen LogP contribution < -0.4 is 0 Å². The number of likely N-dealkylation sites (N-methyl/N-ethyl adjacent to an activating group) is 2. The second kappa shape index (κ2) is 6.71. The van der Waals surface area contributed by atoms with Crippen molar-refractivity contribution in [3.63, 3.8) is 0 Å². The lowest BCUT2D eigenvalue weighted by Crippen LogP contribution is -2.45. The average molecular weight is 318 g/mol. The zero-order valence-electron chi connectivity index (χ0n) is 13.2. The molecule has 6 heteroatoms. The SMILES string of the molecule is CN(Cc1ccc2nsnc2c1)C(=O)[C@@H]1CCCCCN1C. The van der Waals surface area contributed by atoms with Crippen molar-refractivity contribution < 1.29 is 4.79 Å². The summed E-state index contributed by atoms with van der Waals surface area (Å²) in [6.45, 7) is 1.64. The van der Waals surface area contributed by atoms with E-state index in [1.54, 1.807) is 0 Å². The number of amides is 1. The van der Waals surface area contributed by atoms with E-state index in [2.05, 4.69) is 20.7 Å². The highest BCUT2D eigenvalue weighted by atomic mass is 32.1. The molecule has 0 saturated carbocycles. The van der Waals surface area contributed by atoms with Crippen molar-refractivity contribution in [3.8, 4) is 0 Å². The zero-order valence-corrected chi connectivity index (χ0v) is 14.0. The molecule has 1 aromatic heterocycles. The molecule has 0 radical (unpaired) electrons. The molecule has 0 aliphatic carbocycles. The van der Waals surface area contributed by atoms with Crippen LogP contribution in [0.4, 0.5) is 0 Å². The summed E-state index contributed by atoms with van der Waals surface area (Å²) in [6, 6.07) is 6.06. The van der Waals surface area contributed by atoms with Crippen molar-refractivity contribution in [3.05, 3.63) is 23.8 Å². The largest absolute Gasteiger partial charge is 0.340 e. The van der Waals surface area contributed by atoms with Gasteiger partial charge in [0.05, 0.1) is 17.8 Å². The molecule has 2 heterocycles. The highest BCUT2D eigenvalue weighted by Gasteiger charge is 2.27. The first-order chi connectivity index (χ1) is 10.6. The van der Waals surface area contributed by atoms with Gasteiger partial charge in [-0.3, -0.25) is 9.69 Å². The molecule has 118 valence electrons. The van der Waals surface area contributed by atoms with Crippen LogP contribution in [0, 0.1) is 0 Å². The Balaban J connectivity index is 1.69. The van der Waals surface area contributed by atoms with Crippen molar-refractivity contribution >= 4 is 28.7 Å². The number of rotatable bonds is 3. The Labute approximate surface area is 135 Å². The molecule has 1 aromatic carbocycles.